The minimum absolute atomic E-state index is 0.115. The maximum atomic E-state index is 5.88. The lowest BCUT2D eigenvalue weighted by molar-refractivity contribution is -0.0658. The molecule has 1 fully saturated rings. The molecule has 0 amide bonds. The van der Waals surface area contributed by atoms with Gasteiger partial charge in [0.1, 0.15) is 13.2 Å². The van der Waals surface area contributed by atoms with Crippen molar-refractivity contribution in [2.24, 2.45) is 5.73 Å². The molecule has 1 unspecified atom stereocenters. The highest BCUT2D eigenvalue weighted by Gasteiger charge is 2.40. The molecule has 2 N–H and O–H groups in total. The van der Waals surface area contributed by atoms with E-state index >= 15 is 0 Å². The van der Waals surface area contributed by atoms with Crippen molar-refractivity contribution in [2.45, 2.75) is 31.2 Å². The van der Waals surface area contributed by atoms with E-state index in [4.69, 9.17) is 19.9 Å². The summed E-state index contributed by atoms with van der Waals surface area (Å²) in [6, 6.07) is 6.49. The van der Waals surface area contributed by atoms with Gasteiger partial charge >= 0.3 is 0 Å². The Morgan fingerprint density at radius 3 is 2.58 bits per heavy atom. The molecule has 2 heterocycles. The first kappa shape index (κ1) is 12.8. The number of fused-ring (bicyclic) bond motifs is 1. The molecule has 1 saturated heterocycles. The van der Waals surface area contributed by atoms with Gasteiger partial charge in [-0.25, -0.2) is 0 Å². The zero-order chi connectivity index (χ0) is 13.3. The summed E-state index contributed by atoms with van der Waals surface area (Å²) in [5.74, 6) is 1.70. The Morgan fingerprint density at radius 2 is 1.95 bits per heavy atom. The minimum atomic E-state index is 0.115. The standard InChI is InChI=1S/C15H21NO3/c1-11(16)4-5-15(9-17-10-15)12-2-3-13-14(8-12)19-7-6-18-13/h2-3,8,11H,4-7,9-10,16H2,1H3. The second kappa shape index (κ2) is 5.02. The lowest BCUT2D eigenvalue weighted by atomic mass is 9.74. The number of benzene rings is 1. The van der Waals surface area contributed by atoms with Gasteiger partial charge in [-0.1, -0.05) is 6.07 Å². The molecule has 1 aromatic rings. The van der Waals surface area contributed by atoms with E-state index in [0.717, 1.165) is 37.6 Å². The van der Waals surface area contributed by atoms with Crippen LogP contribution in [0.2, 0.25) is 0 Å². The molecule has 4 nitrogen and oxygen atoms in total. The Kier molecular flexibility index (Phi) is 3.37. The van der Waals surface area contributed by atoms with Crippen LogP contribution >= 0.6 is 0 Å². The van der Waals surface area contributed by atoms with Crippen molar-refractivity contribution < 1.29 is 14.2 Å². The summed E-state index contributed by atoms with van der Waals surface area (Å²) in [6.45, 7) is 4.86. The third-order valence-electron chi connectivity index (χ3n) is 3.99. The molecular formula is C15H21NO3. The van der Waals surface area contributed by atoms with Crippen LogP contribution in [0.1, 0.15) is 25.3 Å². The fourth-order valence-electron chi connectivity index (χ4n) is 2.68. The maximum absolute atomic E-state index is 5.88. The van der Waals surface area contributed by atoms with Gasteiger partial charge < -0.3 is 19.9 Å². The lowest BCUT2D eigenvalue weighted by Gasteiger charge is -2.43. The Bertz CT molecular complexity index is 455. The number of hydrogen-bond acceptors (Lipinski definition) is 4. The molecule has 0 spiro atoms. The van der Waals surface area contributed by atoms with Crippen LogP contribution < -0.4 is 15.2 Å². The third-order valence-corrected chi connectivity index (χ3v) is 3.99. The largest absolute Gasteiger partial charge is 0.486 e. The van der Waals surface area contributed by atoms with Gasteiger partial charge in [0.05, 0.1) is 13.2 Å². The molecule has 1 aromatic carbocycles. The number of hydrogen-bond donors (Lipinski definition) is 1. The summed E-state index contributed by atoms with van der Waals surface area (Å²) >= 11 is 0. The molecular weight excluding hydrogens is 242 g/mol. The highest BCUT2D eigenvalue weighted by Crippen LogP contribution is 2.41. The van der Waals surface area contributed by atoms with Crippen molar-refractivity contribution in [3.05, 3.63) is 23.8 Å². The number of nitrogens with two attached hydrogens (primary N) is 1. The summed E-state index contributed by atoms with van der Waals surface area (Å²) < 4.78 is 16.7. The van der Waals surface area contributed by atoms with Gasteiger partial charge in [-0.05, 0) is 37.5 Å². The van der Waals surface area contributed by atoms with Crippen LogP contribution in [0.25, 0.3) is 0 Å². The highest BCUT2D eigenvalue weighted by molar-refractivity contribution is 5.46. The smallest absolute Gasteiger partial charge is 0.161 e. The molecule has 1 atom stereocenters. The quantitative estimate of drug-likeness (QED) is 0.900. The maximum Gasteiger partial charge on any atom is 0.161 e. The van der Waals surface area contributed by atoms with E-state index in [-0.39, 0.29) is 11.5 Å². The van der Waals surface area contributed by atoms with E-state index < -0.39 is 0 Å². The second-order valence-corrected chi connectivity index (χ2v) is 5.65. The molecule has 2 aliphatic heterocycles. The molecule has 0 saturated carbocycles. The monoisotopic (exact) mass is 263 g/mol. The normalized spacial score (nSPS) is 21.6. The molecule has 3 rings (SSSR count). The lowest BCUT2D eigenvalue weighted by Crippen LogP contribution is -2.47. The van der Waals surface area contributed by atoms with Gasteiger partial charge in [-0.2, -0.15) is 0 Å². The van der Waals surface area contributed by atoms with E-state index in [9.17, 15) is 0 Å². The van der Waals surface area contributed by atoms with E-state index in [1.807, 2.05) is 6.07 Å². The molecule has 19 heavy (non-hydrogen) atoms. The first-order valence-electron chi connectivity index (χ1n) is 6.93. The van der Waals surface area contributed by atoms with E-state index in [1.54, 1.807) is 0 Å². The summed E-state index contributed by atoms with van der Waals surface area (Å²) in [6.07, 6.45) is 2.07. The number of rotatable bonds is 4. The summed E-state index contributed by atoms with van der Waals surface area (Å²) in [5.41, 5.74) is 7.28. The van der Waals surface area contributed by atoms with Crippen molar-refractivity contribution in [3.63, 3.8) is 0 Å². The van der Waals surface area contributed by atoms with Crippen molar-refractivity contribution in [2.75, 3.05) is 26.4 Å². The van der Waals surface area contributed by atoms with Crippen molar-refractivity contribution in [1.82, 2.24) is 0 Å². The molecule has 104 valence electrons. The average molecular weight is 263 g/mol. The zero-order valence-corrected chi connectivity index (χ0v) is 11.4. The Labute approximate surface area is 113 Å². The SMILES string of the molecule is CC(N)CCC1(c2ccc3c(c2)OCCO3)COC1. The first-order chi connectivity index (χ1) is 9.20. The van der Waals surface area contributed by atoms with Crippen molar-refractivity contribution >= 4 is 0 Å². The summed E-state index contributed by atoms with van der Waals surface area (Å²) in [7, 11) is 0. The Hall–Kier alpha value is -1.26. The second-order valence-electron chi connectivity index (χ2n) is 5.65. The minimum Gasteiger partial charge on any atom is -0.486 e. The van der Waals surface area contributed by atoms with Crippen LogP contribution in [0, 0.1) is 0 Å². The molecule has 0 radical (unpaired) electrons. The van der Waals surface area contributed by atoms with Gasteiger partial charge in [0.25, 0.3) is 0 Å². The summed E-state index contributed by atoms with van der Waals surface area (Å²) in [4.78, 5) is 0. The van der Waals surface area contributed by atoms with Crippen LogP contribution in [0.5, 0.6) is 11.5 Å². The van der Waals surface area contributed by atoms with E-state index in [0.29, 0.717) is 13.2 Å². The van der Waals surface area contributed by atoms with Gasteiger partial charge in [-0.15, -0.1) is 0 Å². The van der Waals surface area contributed by atoms with Crippen molar-refractivity contribution in [3.8, 4) is 11.5 Å². The van der Waals surface area contributed by atoms with Gasteiger partial charge in [0.15, 0.2) is 11.5 Å². The Morgan fingerprint density at radius 1 is 1.21 bits per heavy atom. The van der Waals surface area contributed by atoms with Crippen LogP contribution in [0.15, 0.2) is 18.2 Å². The average Bonchev–Trinajstić information content (AvgIpc) is 2.37. The molecule has 0 bridgehead atoms. The summed E-state index contributed by atoms with van der Waals surface area (Å²) in [5, 5.41) is 0. The highest BCUT2D eigenvalue weighted by atomic mass is 16.6. The molecule has 2 aliphatic rings. The van der Waals surface area contributed by atoms with Crippen LogP contribution in [-0.4, -0.2) is 32.5 Å². The predicted molar refractivity (Wildman–Crippen MR) is 72.8 cm³/mol. The van der Waals surface area contributed by atoms with Crippen molar-refractivity contribution in [1.29, 1.82) is 0 Å². The zero-order valence-electron chi connectivity index (χ0n) is 11.4. The first-order valence-corrected chi connectivity index (χ1v) is 6.93. The third kappa shape index (κ3) is 2.42. The van der Waals surface area contributed by atoms with Crippen LogP contribution in [0.3, 0.4) is 0 Å². The Balaban J connectivity index is 1.83. The predicted octanol–water partition coefficient (Wildman–Crippen LogP) is 1.85. The van der Waals surface area contributed by atoms with Gasteiger partial charge in [0.2, 0.25) is 0 Å². The topological polar surface area (TPSA) is 53.7 Å². The van der Waals surface area contributed by atoms with Gasteiger partial charge in [0, 0.05) is 11.5 Å². The molecule has 0 aromatic heterocycles. The fraction of sp³-hybridized carbons (Fsp3) is 0.600. The van der Waals surface area contributed by atoms with Crippen LogP contribution in [-0.2, 0) is 10.2 Å². The molecule has 0 aliphatic carbocycles. The van der Waals surface area contributed by atoms with E-state index in [2.05, 4.69) is 19.1 Å². The number of ether oxygens (including phenoxy) is 3. The van der Waals surface area contributed by atoms with Gasteiger partial charge in [-0.3, -0.25) is 0 Å². The van der Waals surface area contributed by atoms with E-state index in [1.165, 1.54) is 5.56 Å². The fourth-order valence-corrected chi connectivity index (χ4v) is 2.68. The molecule has 4 heteroatoms. The van der Waals surface area contributed by atoms with Crippen LogP contribution in [0.4, 0.5) is 0 Å².